The average Bonchev–Trinajstić information content (AvgIpc) is 3.05. The van der Waals surface area contributed by atoms with Crippen LogP contribution in [0.25, 0.3) is 0 Å². The molecule has 0 spiro atoms. The maximum absolute atomic E-state index is 12.2. The molecule has 2 heterocycles. The van der Waals surface area contributed by atoms with E-state index >= 15 is 0 Å². The van der Waals surface area contributed by atoms with Crippen LogP contribution in [0.3, 0.4) is 0 Å². The summed E-state index contributed by atoms with van der Waals surface area (Å²) in [6.45, 7) is 8.06. The Morgan fingerprint density at radius 1 is 0.955 bits per heavy atom. The molecule has 1 aromatic heterocycles. The van der Waals surface area contributed by atoms with Gasteiger partial charge >= 0.3 is 7.12 Å². The zero-order chi connectivity index (χ0) is 16.0. The lowest BCUT2D eigenvalue weighted by Gasteiger charge is -2.32. The van der Waals surface area contributed by atoms with Crippen LogP contribution in [-0.4, -0.2) is 24.1 Å². The van der Waals surface area contributed by atoms with Crippen LogP contribution in [0.2, 0.25) is 0 Å². The van der Waals surface area contributed by atoms with Crippen molar-refractivity contribution in [2.45, 2.75) is 38.9 Å². The van der Waals surface area contributed by atoms with E-state index in [0.29, 0.717) is 11.3 Å². The second-order valence-electron chi connectivity index (χ2n) is 6.52. The van der Waals surface area contributed by atoms with Crippen LogP contribution < -0.4 is 5.46 Å². The topological polar surface area (TPSA) is 48.7 Å². The van der Waals surface area contributed by atoms with Crippen LogP contribution >= 0.6 is 0 Å². The molecule has 0 saturated carbocycles. The van der Waals surface area contributed by atoms with Gasteiger partial charge in [0, 0.05) is 5.56 Å². The molecule has 22 heavy (non-hydrogen) atoms. The predicted octanol–water partition coefficient (Wildman–Crippen LogP) is 2.81. The van der Waals surface area contributed by atoms with Gasteiger partial charge in [-0.05, 0) is 45.3 Å². The summed E-state index contributed by atoms with van der Waals surface area (Å²) in [5, 5.41) is 0. The van der Waals surface area contributed by atoms with E-state index in [1.807, 2.05) is 39.8 Å². The minimum Gasteiger partial charge on any atom is -0.461 e. The second-order valence-corrected chi connectivity index (χ2v) is 6.52. The minimum atomic E-state index is -0.419. The molecule has 1 fully saturated rings. The molecule has 0 N–H and O–H groups in total. The van der Waals surface area contributed by atoms with Crippen LogP contribution in [0.5, 0.6) is 0 Å². The summed E-state index contributed by atoms with van der Waals surface area (Å²) in [5.41, 5.74) is 0.727. The Morgan fingerprint density at radius 2 is 1.55 bits per heavy atom. The molecule has 4 nitrogen and oxygen atoms in total. The predicted molar refractivity (Wildman–Crippen MR) is 84.3 cm³/mol. The second kappa shape index (κ2) is 5.11. The van der Waals surface area contributed by atoms with Gasteiger partial charge in [0.15, 0.2) is 5.76 Å². The standard InChI is InChI=1S/C17H19BO4/c1-16(2)17(3,4)22-18(21-16)13-9-7-12(8-10-13)15(19)14-6-5-11-20-14/h5-11H,1-4H3. The van der Waals surface area contributed by atoms with Gasteiger partial charge in [-0.3, -0.25) is 4.79 Å². The SMILES string of the molecule is CC1(C)OB(c2ccc(C(=O)c3ccco3)cc2)OC1(C)C. The van der Waals surface area contributed by atoms with Crippen molar-refractivity contribution in [1.82, 2.24) is 0 Å². The van der Waals surface area contributed by atoms with Gasteiger partial charge in [-0.2, -0.15) is 0 Å². The van der Waals surface area contributed by atoms with E-state index in [9.17, 15) is 4.79 Å². The van der Waals surface area contributed by atoms with Gasteiger partial charge in [-0.25, -0.2) is 0 Å². The monoisotopic (exact) mass is 298 g/mol. The zero-order valence-electron chi connectivity index (χ0n) is 13.3. The Bertz CT molecular complexity index is 655. The van der Waals surface area contributed by atoms with Gasteiger partial charge in [-0.15, -0.1) is 0 Å². The Kier molecular flexibility index (Phi) is 3.50. The van der Waals surface area contributed by atoms with Gasteiger partial charge in [0.1, 0.15) is 0 Å². The summed E-state index contributed by atoms with van der Waals surface area (Å²) in [5.74, 6) is 0.203. The summed E-state index contributed by atoms with van der Waals surface area (Å²) in [7, 11) is -0.419. The molecule has 3 rings (SSSR count). The number of furan rings is 1. The lowest BCUT2D eigenvalue weighted by molar-refractivity contribution is 0.00578. The van der Waals surface area contributed by atoms with E-state index in [4.69, 9.17) is 13.7 Å². The van der Waals surface area contributed by atoms with Gasteiger partial charge in [0.25, 0.3) is 0 Å². The maximum Gasteiger partial charge on any atom is 0.494 e. The fourth-order valence-electron chi connectivity index (χ4n) is 2.32. The van der Waals surface area contributed by atoms with Crippen molar-refractivity contribution in [3.05, 3.63) is 54.0 Å². The number of ketones is 1. The van der Waals surface area contributed by atoms with Crippen LogP contribution in [-0.2, 0) is 9.31 Å². The Balaban J connectivity index is 1.80. The molecule has 1 saturated heterocycles. The first-order chi connectivity index (χ1) is 10.3. The summed E-state index contributed by atoms with van der Waals surface area (Å²) >= 11 is 0. The summed E-state index contributed by atoms with van der Waals surface area (Å²) < 4.78 is 17.1. The first kappa shape index (κ1) is 15.1. The molecule has 1 aliphatic heterocycles. The van der Waals surface area contributed by atoms with Crippen LogP contribution in [0, 0.1) is 0 Å². The molecule has 0 unspecified atom stereocenters. The minimum absolute atomic E-state index is 0.134. The molecule has 114 valence electrons. The Hall–Kier alpha value is -1.85. The first-order valence-corrected chi connectivity index (χ1v) is 7.34. The first-order valence-electron chi connectivity index (χ1n) is 7.34. The fraction of sp³-hybridized carbons (Fsp3) is 0.353. The van der Waals surface area contributed by atoms with Crippen molar-refractivity contribution >= 4 is 18.4 Å². The van der Waals surface area contributed by atoms with Crippen LogP contribution in [0.4, 0.5) is 0 Å². The molecule has 5 heteroatoms. The molecule has 0 amide bonds. The lowest BCUT2D eigenvalue weighted by Crippen LogP contribution is -2.41. The van der Waals surface area contributed by atoms with Gasteiger partial charge in [-0.1, -0.05) is 24.3 Å². The van der Waals surface area contributed by atoms with E-state index in [-0.39, 0.29) is 17.0 Å². The Labute approximate surface area is 130 Å². The average molecular weight is 298 g/mol. The number of rotatable bonds is 3. The van der Waals surface area contributed by atoms with E-state index in [1.165, 1.54) is 6.26 Å². The van der Waals surface area contributed by atoms with E-state index in [1.54, 1.807) is 24.3 Å². The highest BCUT2D eigenvalue weighted by atomic mass is 16.7. The number of carbonyl (C=O) groups excluding carboxylic acids is 1. The van der Waals surface area contributed by atoms with Crippen molar-refractivity contribution in [2.24, 2.45) is 0 Å². The fourth-order valence-corrected chi connectivity index (χ4v) is 2.32. The van der Waals surface area contributed by atoms with Crippen molar-refractivity contribution in [2.75, 3.05) is 0 Å². The van der Waals surface area contributed by atoms with Gasteiger partial charge < -0.3 is 13.7 Å². The summed E-state index contributed by atoms with van der Waals surface area (Å²) in [6.07, 6.45) is 1.49. The number of carbonyl (C=O) groups is 1. The largest absolute Gasteiger partial charge is 0.494 e. The van der Waals surface area contributed by atoms with Crippen LogP contribution in [0.15, 0.2) is 47.1 Å². The molecule has 0 radical (unpaired) electrons. The van der Waals surface area contributed by atoms with Crippen LogP contribution in [0.1, 0.15) is 43.8 Å². The third-order valence-corrected chi connectivity index (χ3v) is 4.44. The number of hydrogen-bond donors (Lipinski definition) is 0. The molecule has 0 bridgehead atoms. The normalized spacial score (nSPS) is 19.4. The van der Waals surface area contributed by atoms with E-state index in [2.05, 4.69) is 0 Å². The molecular weight excluding hydrogens is 279 g/mol. The Morgan fingerprint density at radius 3 is 2.05 bits per heavy atom. The van der Waals surface area contributed by atoms with Crippen molar-refractivity contribution in [3.8, 4) is 0 Å². The van der Waals surface area contributed by atoms with E-state index in [0.717, 1.165) is 5.46 Å². The van der Waals surface area contributed by atoms with Crippen molar-refractivity contribution in [1.29, 1.82) is 0 Å². The highest BCUT2D eigenvalue weighted by Crippen LogP contribution is 2.36. The summed E-state index contributed by atoms with van der Waals surface area (Å²) in [4.78, 5) is 12.2. The third-order valence-electron chi connectivity index (χ3n) is 4.44. The number of benzene rings is 1. The highest BCUT2D eigenvalue weighted by Gasteiger charge is 2.51. The smallest absolute Gasteiger partial charge is 0.461 e. The van der Waals surface area contributed by atoms with Gasteiger partial charge in [0.2, 0.25) is 5.78 Å². The third kappa shape index (κ3) is 2.51. The molecular formula is C17H19BO4. The number of hydrogen-bond acceptors (Lipinski definition) is 4. The van der Waals surface area contributed by atoms with E-state index < -0.39 is 7.12 Å². The quantitative estimate of drug-likeness (QED) is 0.646. The molecule has 1 aromatic carbocycles. The molecule has 0 atom stereocenters. The summed E-state index contributed by atoms with van der Waals surface area (Å²) in [6, 6.07) is 10.6. The highest BCUT2D eigenvalue weighted by molar-refractivity contribution is 6.62. The molecule has 2 aromatic rings. The van der Waals surface area contributed by atoms with Crippen molar-refractivity contribution < 1.29 is 18.5 Å². The van der Waals surface area contributed by atoms with Gasteiger partial charge in [0.05, 0.1) is 17.5 Å². The van der Waals surface area contributed by atoms with Crippen molar-refractivity contribution in [3.63, 3.8) is 0 Å². The lowest BCUT2D eigenvalue weighted by atomic mass is 9.78. The maximum atomic E-state index is 12.2. The molecule has 1 aliphatic rings. The molecule has 0 aliphatic carbocycles. The zero-order valence-corrected chi connectivity index (χ0v) is 13.3.